The maximum atomic E-state index is 13.4. The molecule has 0 N–H and O–H groups in total. The van der Waals surface area contributed by atoms with Gasteiger partial charge in [-0.25, -0.2) is 0 Å². The van der Waals surface area contributed by atoms with Crippen LogP contribution < -0.4 is 9.64 Å². The molecule has 1 amide bonds. The van der Waals surface area contributed by atoms with Gasteiger partial charge in [0.1, 0.15) is 5.75 Å². The molecule has 1 aliphatic rings. The largest absolute Gasteiger partial charge is 0.497 e. The molecule has 0 radical (unpaired) electrons. The van der Waals surface area contributed by atoms with Crippen molar-refractivity contribution in [1.29, 1.82) is 0 Å². The first-order chi connectivity index (χ1) is 15.2. The fourth-order valence-corrected chi connectivity index (χ4v) is 4.72. The van der Waals surface area contributed by atoms with Gasteiger partial charge < -0.3 is 9.64 Å². The van der Waals surface area contributed by atoms with E-state index >= 15 is 0 Å². The van der Waals surface area contributed by atoms with Gasteiger partial charge in [-0.2, -0.15) is 0 Å². The number of fused-ring (bicyclic) bond motifs is 3. The zero-order valence-electron chi connectivity index (χ0n) is 17.2. The third-order valence-electron chi connectivity index (χ3n) is 6.05. The highest BCUT2D eigenvalue weighted by atomic mass is 35.5. The second-order valence-electron chi connectivity index (χ2n) is 7.82. The molecule has 0 aromatic heterocycles. The normalized spacial score (nSPS) is 15.7. The van der Waals surface area contributed by atoms with Gasteiger partial charge in [0.2, 0.25) is 5.91 Å². The number of methoxy groups -OCH3 is 1. The van der Waals surface area contributed by atoms with E-state index in [1.807, 2.05) is 53.4 Å². The summed E-state index contributed by atoms with van der Waals surface area (Å²) in [6.07, 6.45) is 0.401. The minimum atomic E-state index is -0.0359. The monoisotopic (exact) mass is 427 g/mol. The van der Waals surface area contributed by atoms with E-state index in [0.717, 1.165) is 22.6 Å². The van der Waals surface area contributed by atoms with Crippen molar-refractivity contribution in [2.45, 2.75) is 18.9 Å². The predicted octanol–water partition coefficient (Wildman–Crippen LogP) is 6.57. The van der Waals surface area contributed by atoms with Crippen LogP contribution in [0.4, 0.5) is 5.69 Å². The average Bonchev–Trinajstić information content (AvgIpc) is 2.81. The molecule has 4 aromatic carbocycles. The van der Waals surface area contributed by atoms with E-state index in [1.165, 1.54) is 16.3 Å². The number of nitrogens with zero attached hydrogens (tertiary/aromatic N) is 1. The lowest BCUT2D eigenvalue weighted by atomic mass is 9.81. The van der Waals surface area contributed by atoms with E-state index in [0.29, 0.717) is 18.0 Å². The number of rotatable bonds is 4. The standard InChI is InChI=1S/C27H22ClNO2/c1-31-21-10-6-9-19(15-21)23-16-26(30)29(17-20-8-3-5-12-24(20)28)25-14-13-18-7-2-4-11-22(18)27(23)25/h2-15,23H,16-17H2,1H3. The van der Waals surface area contributed by atoms with Crippen molar-refractivity contribution in [3.8, 4) is 5.75 Å². The van der Waals surface area contributed by atoms with Crippen molar-refractivity contribution in [3.05, 3.63) is 107 Å². The van der Waals surface area contributed by atoms with Gasteiger partial charge in [0, 0.05) is 23.0 Å². The van der Waals surface area contributed by atoms with E-state index in [2.05, 4.69) is 36.4 Å². The number of carbonyl (C=O) groups excluding carboxylic acids is 1. The van der Waals surface area contributed by atoms with Crippen molar-refractivity contribution < 1.29 is 9.53 Å². The number of anilines is 1. The minimum Gasteiger partial charge on any atom is -0.497 e. The van der Waals surface area contributed by atoms with Crippen molar-refractivity contribution in [3.63, 3.8) is 0 Å². The van der Waals surface area contributed by atoms with Crippen LogP contribution in [0.1, 0.15) is 29.0 Å². The smallest absolute Gasteiger partial charge is 0.228 e. The van der Waals surface area contributed by atoms with Gasteiger partial charge >= 0.3 is 0 Å². The highest BCUT2D eigenvalue weighted by Crippen LogP contribution is 2.45. The number of benzene rings is 4. The maximum Gasteiger partial charge on any atom is 0.228 e. The molecule has 0 bridgehead atoms. The molecular formula is C27H22ClNO2. The van der Waals surface area contributed by atoms with Crippen LogP contribution >= 0.6 is 11.6 Å². The first kappa shape index (κ1) is 19.7. The van der Waals surface area contributed by atoms with Crippen LogP contribution in [0.2, 0.25) is 5.02 Å². The minimum absolute atomic E-state index is 0.0359. The summed E-state index contributed by atoms with van der Waals surface area (Å²) in [4.78, 5) is 15.3. The van der Waals surface area contributed by atoms with Crippen LogP contribution in [0.5, 0.6) is 5.75 Å². The van der Waals surface area contributed by atoms with E-state index in [4.69, 9.17) is 16.3 Å². The molecule has 1 atom stereocenters. The maximum absolute atomic E-state index is 13.4. The van der Waals surface area contributed by atoms with Crippen molar-refractivity contribution in [2.75, 3.05) is 12.0 Å². The summed E-state index contributed by atoms with van der Waals surface area (Å²) in [6, 6.07) is 28.3. The zero-order chi connectivity index (χ0) is 21.4. The topological polar surface area (TPSA) is 29.5 Å². The first-order valence-electron chi connectivity index (χ1n) is 10.3. The molecule has 0 aliphatic carbocycles. The highest BCUT2D eigenvalue weighted by Gasteiger charge is 2.34. The lowest BCUT2D eigenvalue weighted by Gasteiger charge is -2.35. The van der Waals surface area contributed by atoms with Gasteiger partial charge in [-0.05, 0) is 51.7 Å². The number of carbonyl (C=O) groups is 1. The molecule has 1 heterocycles. The molecule has 31 heavy (non-hydrogen) atoms. The Kier molecular flexibility index (Phi) is 5.13. The summed E-state index contributed by atoms with van der Waals surface area (Å²) in [5.41, 5.74) is 4.15. The first-order valence-corrected chi connectivity index (χ1v) is 10.7. The molecular weight excluding hydrogens is 406 g/mol. The van der Waals surface area contributed by atoms with Gasteiger partial charge in [-0.3, -0.25) is 4.79 Å². The fourth-order valence-electron chi connectivity index (χ4n) is 4.52. The molecule has 154 valence electrons. The van der Waals surface area contributed by atoms with E-state index in [1.54, 1.807) is 7.11 Å². The number of amides is 1. The third-order valence-corrected chi connectivity index (χ3v) is 6.42. The Balaban J connectivity index is 1.69. The Bertz CT molecular complexity index is 1280. The Hall–Kier alpha value is -3.30. The molecule has 4 heteroatoms. The Morgan fingerprint density at radius 1 is 0.968 bits per heavy atom. The van der Waals surface area contributed by atoms with Crippen LogP contribution in [0.15, 0.2) is 84.9 Å². The van der Waals surface area contributed by atoms with Crippen LogP contribution in [0.3, 0.4) is 0 Å². The average molecular weight is 428 g/mol. The van der Waals surface area contributed by atoms with Crippen molar-refractivity contribution in [2.24, 2.45) is 0 Å². The van der Waals surface area contributed by atoms with Crippen LogP contribution in [-0.4, -0.2) is 13.0 Å². The number of hydrogen-bond acceptors (Lipinski definition) is 2. The second-order valence-corrected chi connectivity index (χ2v) is 8.23. The van der Waals surface area contributed by atoms with Crippen molar-refractivity contribution >= 4 is 34.0 Å². The summed E-state index contributed by atoms with van der Waals surface area (Å²) in [5.74, 6) is 0.854. The SMILES string of the molecule is COc1cccc(C2CC(=O)N(Cc3ccccc3Cl)c3ccc4ccccc4c32)c1. The molecule has 4 aromatic rings. The van der Waals surface area contributed by atoms with Crippen LogP contribution in [0, 0.1) is 0 Å². The quantitative estimate of drug-likeness (QED) is 0.368. The molecule has 0 saturated carbocycles. The number of halogens is 1. The molecule has 1 unspecified atom stereocenters. The van der Waals surface area contributed by atoms with Crippen LogP contribution in [0.25, 0.3) is 10.8 Å². The third kappa shape index (κ3) is 3.55. The van der Waals surface area contributed by atoms with Crippen molar-refractivity contribution in [1.82, 2.24) is 0 Å². The van der Waals surface area contributed by atoms with E-state index in [9.17, 15) is 4.79 Å². The van der Waals surface area contributed by atoms with Crippen LogP contribution in [-0.2, 0) is 11.3 Å². The lowest BCUT2D eigenvalue weighted by Crippen LogP contribution is -2.36. The van der Waals surface area contributed by atoms with Gasteiger partial charge in [-0.1, -0.05) is 72.3 Å². The summed E-state index contributed by atoms with van der Waals surface area (Å²) in [7, 11) is 1.67. The lowest BCUT2D eigenvalue weighted by molar-refractivity contribution is -0.119. The molecule has 5 rings (SSSR count). The van der Waals surface area contributed by atoms with Gasteiger partial charge in [0.25, 0.3) is 0 Å². The van der Waals surface area contributed by atoms with Gasteiger partial charge in [-0.15, -0.1) is 0 Å². The predicted molar refractivity (Wildman–Crippen MR) is 126 cm³/mol. The zero-order valence-corrected chi connectivity index (χ0v) is 18.0. The molecule has 0 spiro atoms. The summed E-state index contributed by atoms with van der Waals surface area (Å²) < 4.78 is 5.45. The Morgan fingerprint density at radius 3 is 2.61 bits per heavy atom. The summed E-state index contributed by atoms with van der Waals surface area (Å²) in [6.45, 7) is 0.453. The highest BCUT2D eigenvalue weighted by molar-refractivity contribution is 6.31. The second kappa shape index (κ2) is 8.09. The Labute approximate surface area is 186 Å². The molecule has 0 fully saturated rings. The number of hydrogen-bond donors (Lipinski definition) is 0. The molecule has 1 aliphatic heterocycles. The summed E-state index contributed by atoms with van der Waals surface area (Å²) >= 11 is 6.42. The van der Waals surface area contributed by atoms with Gasteiger partial charge in [0.15, 0.2) is 0 Å². The van der Waals surface area contributed by atoms with E-state index < -0.39 is 0 Å². The fraction of sp³-hybridized carbons (Fsp3) is 0.148. The molecule has 0 saturated heterocycles. The summed E-state index contributed by atoms with van der Waals surface area (Å²) in [5, 5.41) is 3.01. The van der Waals surface area contributed by atoms with E-state index in [-0.39, 0.29) is 11.8 Å². The van der Waals surface area contributed by atoms with Gasteiger partial charge in [0.05, 0.1) is 13.7 Å². The number of ether oxygens (including phenoxy) is 1. The molecule has 3 nitrogen and oxygen atoms in total. The Morgan fingerprint density at radius 2 is 1.77 bits per heavy atom.